The van der Waals surface area contributed by atoms with Crippen LogP contribution in [0.1, 0.15) is 28.4 Å². The standard InChI is InChI=1S/C21H21N3O5/c25-18(24-12-11-22-21(24)28)14-29-19(26)13-17(15-7-3-1-4-8-15)23-20(27)16-9-5-2-6-10-16/h1-10,17H,11-14H2,(H,22,28)(H,23,27)/t17-/m0/s1. The van der Waals surface area contributed by atoms with Crippen molar-refractivity contribution in [1.82, 2.24) is 15.5 Å². The molecule has 0 aromatic heterocycles. The molecule has 2 aromatic carbocycles. The lowest BCUT2D eigenvalue weighted by Crippen LogP contribution is -2.37. The minimum absolute atomic E-state index is 0.151. The molecule has 1 aliphatic rings. The second-order valence-electron chi connectivity index (χ2n) is 6.44. The SMILES string of the molecule is O=C(C[C@H](NC(=O)c1ccccc1)c1ccccc1)OCC(=O)N1CCNC1=O. The van der Waals surface area contributed by atoms with Gasteiger partial charge in [-0.1, -0.05) is 48.5 Å². The summed E-state index contributed by atoms with van der Waals surface area (Å²) in [6, 6.07) is 16.6. The summed E-state index contributed by atoms with van der Waals surface area (Å²) in [7, 11) is 0. The molecule has 29 heavy (non-hydrogen) atoms. The highest BCUT2D eigenvalue weighted by molar-refractivity contribution is 5.97. The summed E-state index contributed by atoms with van der Waals surface area (Å²) in [5, 5.41) is 5.34. The zero-order valence-corrected chi connectivity index (χ0v) is 15.7. The molecule has 1 fully saturated rings. The Morgan fingerprint density at radius 2 is 1.69 bits per heavy atom. The molecule has 1 aliphatic heterocycles. The zero-order valence-electron chi connectivity index (χ0n) is 15.7. The van der Waals surface area contributed by atoms with Crippen molar-refractivity contribution in [1.29, 1.82) is 0 Å². The molecule has 8 nitrogen and oxygen atoms in total. The van der Waals surface area contributed by atoms with E-state index in [0.717, 1.165) is 10.5 Å². The van der Waals surface area contributed by atoms with Crippen molar-refractivity contribution in [3.63, 3.8) is 0 Å². The van der Waals surface area contributed by atoms with Gasteiger partial charge in [-0.25, -0.2) is 4.79 Å². The van der Waals surface area contributed by atoms with E-state index in [1.807, 2.05) is 6.07 Å². The van der Waals surface area contributed by atoms with E-state index in [-0.39, 0.29) is 18.9 Å². The molecule has 0 spiro atoms. The predicted octanol–water partition coefficient (Wildman–Crippen LogP) is 1.64. The van der Waals surface area contributed by atoms with Crippen molar-refractivity contribution >= 4 is 23.8 Å². The Kier molecular flexibility index (Phi) is 6.57. The summed E-state index contributed by atoms with van der Waals surface area (Å²) in [4.78, 5) is 49.3. The van der Waals surface area contributed by atoms with E-state index in [1.54, 1.807) is 54.6 Å². The number of ether oxygens (including phenoxy) is 1. The summed E-state index contributed by atoms with van der Waals surface area (Å²) in [6.45, 7) is 0.0928. The van der Waals surface area contributed by atoms with Gasteiger partial charge in [0, 0.05) is 18.7 Å². The number of nitrogens with one attached hydrogen (secondary N) is 2. The van der Waals surface area contributed by atoms with Crippen LogP contribution in [0.15, 0.2) is 60.7 Å². The molecule has 1 heterocycles. The van der Waals surface area contributed by atoms with E-state index in [0.29, 0.717) is 12.1 Å². The minimum atomic E-state index is -0.653. The first kappa shape index (κ1) is 20.1. The van der Waals surface area contributed by atoms with Gasteiger partial charge in [-0.2, -0.15) is 0 Å². The summed E-state index contributed by atoms with van der Waals surface area (Å²) in [6.07, 6.45) is -0.151. The maximum Gasteiger partial charge on any atom is 0.324 e. The topological polar surface area (TPSA) is 105 Å². The lowest BCUT2D eigenvalue weighted by atomic mass is 10.0. The quantitative estimate of drug-likeness (QED) is 0.694. The maximum atomic E-state index is 12.5. The number of urea groups is 1. The van der Waals surface area contributed by atoms with Gasteiger partial charge in [0.15, 0.2) is 6.61 Å². The van der Waals surface area contributed by atoms with Crippen LogP contribution in [0.5, 0.6) is 0 Å². The number of hydrogen-bond acceptors (Lipinski definition) is 5. The Balaban J connectivity index is 1.62. The molecule has 1 saturated heterocycles. The first-order chi connectivity index (χ1) is 14.0. The lowest BCUT2D eigenvalue weighted by Gasteiger charge is -2.19. The van der Waals surface area contributed by atoms with E-state index in [2.05, 4.69) is 10.6 Å². The van der Waals surface area contributed by atoms with E-state index in [9.17, 15) is 19.2 Å². The fraction of sp³-hybridized carbons (Fsp3) is 0.238. The lowest BCUT2D eigenvalue weighted by molar-refractivity contribution is -0.151. The van der Waals surface area contributed by atoms with Gasteiger partial charge >= 0.3 is 12.0 Å². The number of hydrogen-bond donors (Lipinski definition) is 2. The number of rotatable bonds is 7. The highest BCUT2D eigenvalue weighted by Crippen LogP contribution is 2.18. The number of esters is 1. The second kappa shape index (κ2) is 9.50. The van der Waals surface area contributed by atoms with Crippen molar-refractivity contribution in [2.24, 2.45) is 0 Å². The van der Waals surface area contributed by atoms with Gasteiger partial charge in [0.2, 0.25) is 0 Å². The summed E-state index contributed by atoms with van der Waals surface area (Å²) in [5.41, 5.74) is 1.20. The van der Waals surface area contributed by atoms with Gasteiger partial charge in [0.25, 0.3) is 11.8 Å². The van der Waals surface area contributed by atoms with Crippen LogP contribution >= 0.6 is 0 Å². The minimum Gasteiger partial charge on any atom is -0.455 e. The van der Waals surface area contributed by atoms with Gasteiger partial charge in [-0.15, -0.1) is 0 Å². The molecule has 8 heteroatoms. The maximum absolute atomic E-state index is 12.5. The van der Waals surface area contributed by atoms with Crippen molar-refractivity contribution in [3.05, 3.63) is 71.8 Å². The van der Waals surface area contributed by atoms with Gasteiger partial charge in [-0.3, -0.25) is 19.3 Å². The molecule has 2 N–H and O–H groups in total. The van der Waals surface area contributed by atoms with E-state index in [4.69, 9.17) is 4.74 Å². The summed E-state index contributed by atoms with van der Waals surface area (Å²) in [5.74, 6) is -1.56. The van der Waals surface area contributed by atoms with Crippen LogP contribution in [-0.4, -0.2) is 48.4 Å². The Morgan fingerprint density at radius 1 is 1.03 bits per heavy atom. The van der Waals surface area contributed by atoms with Crippen LogP contribution in [0.3, 0.4) is 0 Å². The summed E-state index contributed by atoms with van der Waals surface area (Å²) >= 11 is 0. The highest BCUT2D eigenvalue weighted by atomic mass is 16.5. The number of amides is 4. The zero-order chi connectivity index (χ0) is 20.6. The molecule has 3 rings (SSSR count). The molecule has 0 unspecified atom stereocenters. The first-order valence-electron chi connectivity index (χ1n) is 9.19. The van der Waals surface area contributed by atoms with Crippen molar-refractivity contribution in [3.8, 4) is 0 Å². The average molecular weight is 395 g/mol. The van der Waals surface area contributed by atoms with Gasteiger partial charge in [0.05, 0.1) is 12.5 Å². The third-order valence-corrected chi connectivity index (χ3v) is 4.43. The predicted molar refractivity (Wildman–Crippen MR) is 104 cm³/mol. The fourth-order valence-electron chi connectivity index (χ4n) is 2.92. The highest BCUT2D eigenvalue weighted by Gasteiger charge is 2.27. The second-order valence-corrected chi connectivity index (χ2v) is 6.44. The van der Waals surface area contributed by atoms with Gasteiger partial charge < -0.3 is 15.4 Å². The Morgan fingerprint density at radius 3 is 2.31 bits per heavy atom. The van der Waals surface area contributed by atoms with Crippen LogP contribution in [0.25, 0.3) is 0 Å². The smallest absolute Gasteiger partial charge is 0.324 e. The van der Waals surface area contributed by atoms with Crippen LogP contribution in [0.4, 0.5) is 4.79 Å². The first-order valence-corrected chi connectivity index (χ1v) is 9.19. The Hall–Kier alpha value is -3.68. The van der Waals surface area contributed by atoms with Gasteiger partial charge in [-0.05, 0) is 17.7 Å². The third kappa shape index (κ3) is 5.41. The number of carbonyl (C=O) groups is 4. The normalized spacial score (nSPS) is 14.1. The monoisotopic (exact) mass is 395 g/mol. The van der Waals surface area contributed by atoms with Crippen LogP contribution < -0.4 is 10.6 Å². The molecule has 0 radical (unpaired) electrons. The molecule has 4 amide bonds. The molecule has 150 valence electrons. The van der Waals surface area contributed by atoms with E-state index >= 15 is 0 Å². The average Bonchev–Trinajstić information content (AvgIpc) is 3.18. The molecule has 0 aliphatic carbocycles. The van der Waals surface area contributed by atoms with E-state index < -0.39 is 30.6 Å². The fourth-order valence-corrected chi connectivity index (χ4v) is 2.92. The Labute approximate surface area is 167 Å². The molecule has 0 bridgehead atoms. The number of imide groups is 1. The van der Waals surface area contributed by atoms with Crippen molar-refractivity contribution < 1.29 is 23.9 Å². The van der Waals surface area contributed by atoms with Crippen molar-refractivity contribution in [2.75, 3.05) is 19.7 Å². The largest absolute Gasteiger partial charge is 0.455 e. The van der Waals surface area contributed by atoms with Crippen LogP contribution in [0.2, 0.25) is 0 Å². The van der Waals surface area contributed by atoms with Gasteiger partial charge in [0.1, 0.15) is 0 Å². The number of nitrogens with zero attached hydrogens (tertiary/aromatic N) is 1. The summed E-state index contributed by atoms with van der Waals surface area (Å²) < 4.78 is 5.04. The number of carbonyl (C=O) groups excluding carboxylic acids is 4. The molecule has 2 aromatic rings. The third-order valence-electron chi connectivity index (χ3n) is 4.43. The molecular weight excluding hydrogens is 374 g/mol. The van der Waals surface area contributed by atoms with Crippen LogP contribution in [-0.2, 0) is 14.3 Å². The van der Waals surface area contributed by atoms with Crippen LogP contribution in [0, 0.1) is 0 Å². The van der Waals surface area contributed by atoms with Crippen molar-refractivity contribution in [2.45, 2.75) is 12.5 Å². The molecule has 1 atom stereocenters. The van der Waals surface area contributed by atoms with E-state index in [1.165, 1.54) is 0 Å². The molecular formula is C21H21N3O5. The number of benzene rings is 2. The molecule has 0 saturated carbocycles. The Bertz CT molecular complexity index is 886.